The van der Waals surface area contributed by atoms with E-state index in [0.29, 0.717) is 24.3 Å². The number of hydrogen-bond donors (Lipinski definition) is 1. The molecule has 0 amide bonds. The minimum atomic E-state index is -0.933. The Morgan fingerprint density at radius 1 is 0.957 bits per heavy atom. The Hall–Kier alpha value is -2.89. The molecule has 0 aliphatic rings. The number of nitrogens with zero attached hydrogens (tertiary/aromatic N) is 2. The van der Waals surface area contributed by atoms with Crippen LogP contribution in [0.15, 0.2) is 44.7 Å². The highest BCUT2D eigenvalue weighted by molar-refractivity contribution is 5.75. The van der Waals surface area contributed by atoms with Gasteiger partial charge < -0.3 is 5.11 Å². The first-order valence-electron chi connectivity index (χ1n) is 7.45. The number of para-hydroxylation sites is 1. The van der Waals surface area contributed by atoms with Crippen LogP contribution < -0.4 is 16.4 Å². The summed E-state index contributed by atoms with van der Waals surface area (Å²) in [6.45, 7) is 4.27. The summed E-state index contributed by atoms with van der Waals surface area (Å²) in [5.74, 6) is -0.615. The van der Waals surface area contributed by atoms with Crippen LogP contribution in [0, 0.1) is 0 Å². The van der Waals surface area contributed by atoms with Crippen molar-refractivity contribution in [3.8, 4) is 22.6 Å². The summed E-state index contributed by atoms with van der Waals surface area (Å²) in [4.78, 5) is 36.0. The molecule has 3 rings (SSSR count). The van der Waals surface area contributed by atoms with E-state index in [1.54, 1.807) is 16.8 Å². The highest BCUT2D eigenvalue weighted by atomic mass is 16.3. The molecule has 2 aromatic carbocycles. The van der Waals surface area contributed by atoms with Crippen LogP contribution >= 0.6 is 0 Å². The molecule has 6 nitrogen and oxygen atoms in total. The van der Waals surface area contributed by atoms with Gasteiger partial charge in [-0.15, -0.1) is 0 Å². The number of hydrogen-bond acceptors (Lipinski definition) is 4. The van der Waals surface area contributed by atoms with Crippen LogP contribution in [0.1, 0.15) is 19.5 Å². The van der Waals surface area contributed by atoms with E-state index in [-0.39, 0.29) is 11.1 Å². The Kier molecular flexibility index (Phi) is 3.52. The Morgan fingerprint density at radius 2 is 1.61 bits per heavy atom. The molecule has 0 bridgehead atoms. The predicted octanol–water partition coefficient (Wildman–Crippen LogP) is 1.19. The maximum Gasteiger partial charge on any atom is 0.279 e. The Morgan fingerprint density at radius 3 is 2.13 bits per heavy atom. The lowest BCUT2D eigenvalue weighted by Gasteiger charge is -2.12. The van der Waals surface area contributed by atoms with Crippen molar-refractivity contribution in [3.63, 3.8) is 0 Å². The molecule has 0 radical (unpaired) electrons. The molecule has 0 aliphatic carbocycles. The summed E-state index contributed by atoms with van der Waals surface area (Å²) < 4.78 is 3.24. The van der Waals surface area contributed by atoms with Crippen LogP contribution in [0.2, 0.25) is 0 Å². The van der Waals surface area contributed by atoms with E-state index in [1.165, 1.54) is 4.68 Å². The van der Waals surface area contributed by atoms with Crippen LogP contribution in [0.3, 0.4) is 0 Å². The average molecular weight is 312 g/mol. The Balaban J connectivity index is 2.40. The fourth-order valence-electron chi connectivity index (χ4n) is 2.97. The first-order valence-corrected chi connectivity index (χ1v) is 7.45. The molecule has 0 saturated heterocycles. The summed E-state index contributed by atoms with van der Waals surface area (Å²) in [6, 6.07) is 9.05. The van der Waals surface area contributed by atoms with E-state index >= 15 is 0 Å². The van der Waals surface area contributed by atoms with Crippen molar-refractivity contribution in [2.24, 2.45) is 0 Å². The molecule has 0 fully saturated rings. The van der Waals surface area contributed by atoms with E-state index in [2.05, 4.69) is 0 Å². The van der Waals surface area contributed by atoms with Gasteiger partial charge in [0.2, 0.25) is 5.43 Å². The second-order valence-electron chi connectivity index (χ2n) is 5.23. The second kappa shape index (κ2) is 5.39. The molecule has 1 aromatic heterocycles. The number of rotatable bonds is 4. The molecule has 1 N–H and O–H groups in total. The number of aromatic nitrogens is 2. The van der Waals surface area contributed by atoms with Crippen molar-refractivity contribution >= 4 is 0 Å². The van der Waals surface area contributed by atoms with Crippen molar-refractivity contribution < 1.29 is 5.11 Å². The van der Waals surface area contributed by atoms with E-state index < -0.39 is 22.2 Å². The molecule has 6 heteroatoms. The molecule has 0 unspecified atom stereocenters. The third-order valence-corrected chi connectivity index (χ3v) is 4.02. The van der Waals surface area contributed by atoms with Gasteiger partial charge >= 0.3 is 0 Å². The first-order chi connectivity index (χ1) is 11.0. The highest BCUT2D eigenvalue weighted by Crippen LogP contribution is 2.27. The molecular formula is C17H16N2O4. The van der Waals surface area contributed by atoms with E-state index in [0.717, 1.165) is 0 Å². The van der Waals surface area contributed by atoms with Crippen molar-refractivity contribution in [3.05, 3.63) is 66.8 Å². The van der Waals surface area contributed by atoms with Crippen LogP contribution in [-0.2, 0) is 13.0 Å². The highest BCUT2D eigenvalue weighted by Gasteiger charge is 2.30. The topological polar surface area (TPSA) is 81.3 Å². The zero-order valence-electron chi connectivity index (χ0n) is 12.9. The van der Waals surface area contributed by atoms with E-state index in [1.807, 2.05) is 32.0 Å². The molecule has 0 aliphatic heterocycles. The molecule has 0 spiro atoms. The monoisotopic (exact) mass is 312 g/mol. The summed E-state index contributed by atoms with van der Waals surface area (Å²) >= 11 is 0. The average Bonchev–Trinajstić information content (AvgIpc) is 2.87. The van der Waals surface area contributed by atoms with Gasteiger partial charge in [0.05, 0.1) is 16.8 Å². The van der Waals surface area contributed by atoms with Crippen LogP contribution in [0.25, 0.3) is 16.8 Å². The third kappa shape index (κ3) is 1.98. The molecule has 3 aromatic rings. The number of aromatic hydroxyl groups is 1. The summed E-state index contributed by atoms with van der Waals surface area (Å²) in [7, 11) is 0. The molecule has 0 atom stereocenters. The Labute approximate surface area is 131 Å². The molecule has 23 heavy (non-hydrogen) atoms. The van der Waals surface area contributed by atoms with Crippen molar-refractivity contribution in [2.75, 3.05) is 0 Å². The Bertz CT molecular complexity index is 1000. The van der Waals surface area contributed by atoms with Gasteiger partial charge in [-0.2, -0.15) is 0 Å². The maximum atomic E-state index is 12.9. The van der Waals surface area contributed by atoms with Gasteiger partial charge in [0.15, 0.2) is 5.75 Å². The minimum Gasteiger partial charge on any atom is -0.503 e. The van der Waals surface area contributed by atoms with Crippen molar-refractivity contribution in [1.29, 1.82) is 0 Å². The van der Waals surface area contributed by atoms with Gasteiger partial charge in [0, 0.05) is 12.2 Å². The lowest BCUT2D eigenvalue weighted by atomic mass is 9.99. The van der Waals surface area contributed by atoms with E-state index in [4.69, 9.17) is 0 Å². The third-order valence-electron chi connectivity index (χ3n) is 4.02. The summed E-state index contributed by atoms with van der Waals surface area (Å²) in [5, 5.41) is 9.74. The predicted molar refractivity (Wildman–Crippen MR) is 87.1 cm³/mol. The second-order valence-corrected chi connectivity index (χ2v) is 5.23. The fraction of sp³-hybridized carbons (Fsp3) is 0.235. The van der Waals surface area contributed by atoms with Gasteiger partial charge in [-0.25, -0.2) is 4.68 Å². The molecule has 118 valence electrons. The fourth-order valence-corrected chi connectivity index (χ4v) is 2.97. The van der Waals surface area contributed by atoms with Crippen LogP contribution in [0.4, 0.5) is 0 Å². The summed E-state index contributed by atoms with van der Waals surface area (Å²) in [6.07, 6.45) is 0.497. The molecule has 0 saturated carbocycles. The summed E-state index contributed by atoms with van der Waals surface area (Å²) in [5.41, 5.74) is -0.881. The van der Waals surface area contributed by atoms with Gasteiger partial charge in [-0.3, -0.25) is 19.1 Å². The van der Waals surface area contributed by atoms with Crippen LogP contribution in [0.5, 0.6) is 5.75 Å². The van der Waals surface area contributed by atoms with Crippen LogP contribution in [-0.4, -0.2) is 14.5 Å². The number of benzene rings is 1. The standard InChI is InChI=1S/C17H16N2O4/c1-3-11-12(13-14(20)16(22)15(13)21)17(23)19(18(11)4-2)10-8-6-5-7-9-10/h5-9,20H,3-4H2,1-2H3. The normalized spacial score (nSPS) is 11.2. The van der Waals surface area contributed by atoms with Crippen molar-refractivity contribution in [1.82, 2.24) is 9.36 Å². The van der Waals surface area contributed by atoms with Gasteiger partial charge in [0.1, 0.15) is 0 Å². The maximum absolute atomic E-state index is 12.9. The van der Waals surface area contributed by atoms with Crippen molar-refractivity contribution in [2.45, 2.75) is 26.8 Å². The minimum absolute atomic E-state index is 0.125. The SMILES string of the molecule is CCc1c(-c2c(O)c(=O)c2=O)c(=O)n(-c2ccccc2)n1CC. The zero-order chi connectivity index (χ0) is 16.7. The molecular weight excluding hydrogens is 296 g/mol. The zero-order valence-corrected chi connectivity index (χ0v) is 12.9. The van der Waals surface area contributed by atoms with Gasteiger partial charge in [0.25, 0.3) is 11.0 Å². The van der Waals surface area contributed by atoms with Gasteiger partial charge in [-0.05, 0) is 25.5 Å². The first kappa shape index (κ1) is 15.0. The largest absolute Gasteiger partial charge is 0.503 e. The van der Waals surface area contributed by atoms with Gasteiger partial charge in [-0.1, -0.05) is 25.1 Å². The molecule has 1 heterocycles. The smallest absolute Gasteiger partial charge is 0.279 e. The van der Waals surface area contributed by atoms with E-state index in [9.17, 15) is 19.5 Å². The quantitative estimate of drug-likeness (QED) is 0.734. The lowest BCUT2D eigenvalue weighted by Crippen LogP contribution is -2.33. The lowest BCUT2D eigenvalue weighted by molar-refractivity contribution is 0.465.